The molecule has 1 saturated heterocycles. The number of imidazole rings is 1. The highest BCUT2D eigenvalue weighted by Gasteiger charge is 2.34. The maximum absolute atomic E-state index is 12.9. The highest BCUT2D eigenvalue weighted by atomic mass is 16.2. The molecule has 0 radical (unpaired) electrons. The van der Waals surface area contributed by atoms with Gasteiger partial charge < -0.3 is 9.47 Å². The summed E-state index contributed by atoms with van der Waals surface area (Å²) in [6.07, 6.45) is 8.65. The molecule has 1 aliphatic carbocycles. The number of carbonyl (C=O) groups excluding carboxylic acids is 1. The van der Waals surface area contributed by atoms with Crippen molar-refractivity contribution in [3.05, 3.63) is 59.9 Å². The summed E-state index contributed by atoms with van der Waals surface area (Å²) in [6.45, 7) is 3.80. The van der Waals surface area contributed by atoms with E-state index in [2.05, 4.69) is 60.0 Å². The Bertz CT molecular complexity index is 1030. The van der Waals surface area contributed by atoms with E-state index in [1.807, 2.05) is 4.90 Å². The molecule has 2 heterocycles. The largest absolute Gasteiger partial charge is 0.328 e. The zero-order valence-electron chi connectivity index (χ0n) is 17.9. The Labute approximate surface area is 178 Å². The Morgan fingerprint density at radius 2 is 1.77 bits per heavy atom. The third-order valence-corrected chi connectivity index (χ3v) is 7.01. The van der Waals surface area contributed by atoms with Crippen LogP contribution in [0.5, 0.6) is 0 Å². The number of aromatic nitrogens is 2. The number of benzene rings is 2. The van der Waals surface area contributed by atoms with Gasteiger partial charge in [-0.25, -0.2) is 4.98 Å². The first-order valence-electron chi connectivity index (χ1n) is 11.5. The number of hydrogen-bond acceptors (Lipinski definition) is 2. The SMILES string of the molecule is Cc1ccc(N2C[C@H](c3nc4ccccc4n3CCC3CCCCC3)CC2=O)cc1. The van der Waals surface area contributed by atoms with Gasteiger partial charge >= 0.3 is 0 Å². The number of carbonyl (C=O) groups is 1. The molecule has 0 bridgehead atoms. The number of fused-ring (bicyclic) bond motifs is 1. The molecule has 0 N–H and O–H groups in total. The van der Waals surface area contributed by atoms with Crippen LogP contribution in [0.2, 0.25) is 0 Å². The van der Waals surface area contributed by atoms with Crippen LogP contribution in [0, 0.1) is 12.8 Å². The smallest absolute Gasteiger partial charge is 0.227 e. The van der Waals surface area contributed by atoms with Crippen molar-refractivity contribution in [3.63, 3.8) is 0 Å². The molecule has 1 amide bonds. The molecule has 1 atom stereocenters. The minimum atomic E-state index is 0.151. The van der Waals surface area contributed by atoms with E-state index in [4.69, 9.17) is 4.98 Å². The lowest BCUT2D eigenvalue weighted by Crippen LogP contribution is -2.24. The second kappa shape index (κ2) is 8.25. The predicted molar refractivity (Wildman–Crippen MR) is 122 cm³/mol. The summed E-state index contributed by atoms with van der Waals surface area (Å²) in [6, 6.07) is 16.7. The zero-order valence-corrected chi connectivity index (χ0v) is 17.9. The van der Waals surface area contributed by atoms with Crippen molar-refractivity contribution < 1.29 is 4.79 Å². The fraction of sp³-hybridized carbons (Fsp3) is 0.462. The van der Waals surface area contributed by atoms with E-state index < -0.39 is 0 Å². The van der Waals surface area contributed by atoms with Crippen LogP contribution in [0.4, 0.5) is 5.69 Å². The minimum absolute atomic E-state index is 0.151. The second-order valence-corrected chi connectivity index (χ2v) is 9.14. The zero-order chi connectivity index (χ0) is 20.5. The molecule has 30 heavy (non-hydrogen) atoms. The first kappa shape index (κ1) is 19.3. The number of anilines is 1. The summed E-state index contributed by atoms with van der Waals surface area (Å²) in [5.41, 5.74) is 4.48. The molecular formula is C26H31N3O. The van der Waals surface area contributed by atoms with Crippen molar-refractivity contribution in [3.8, 4) is 0 Å². The van der Waals surface area contributed by atoms with Gasteiger partial charge in [-0.05, 0) is 43.5 Å². The van der Waals surface area contributed by atoms with Crippen LogP contribution >= 0.6 is 0 Å². The van der Waals surface area contributed by atoms with E-state index in [1.165, 1.54) is 49.6 Å². The number of amides is 1. The Morgan fingerprint density at radius 1 is 1.00 bits per heavy atom. The van der Waals surface area contributed by atoms with Crippen molar-refractivity contribution in [1.29, 1.82) is 0 Å². The van der Waals surface area contributed by atoms with Crippen LogP contribution in [0.25, 0.3) is 11.0 Å². The molecule has 3 aromatic rings. The lowest BCUT2D eigenvalue weighted by molar-refractivity contribution is -0.117. The summed E-state index contributed by atoms with van der Waals surface area (Å²) in [5.74, 6) is 2.28. The van der Waals surface area contributed by atoms with Crippen LogP contribution in [0.1, 0.15) is 62.3 Å². The molecule has 1 aliphatic heterocycles. The van der Waals surface area contributed by atoms with Gasteiger partial charge in [-0.3, -0.25) is 4.79 Å². The van der Waals surface area contributed by atoms with Crippen LogP contribution in [0.15, 0.2) is 48.5 Å². The van der Waals surface area contributed by atoms with Gasteiger partial charge in [-0.1, -0.05) is 61.9 Å². The molecule has 0 unspecified atom stereocenters. The van der Waals surface area contributed by atoms with Gasteiger partial charge in [0.25, 0.3) is 0 Å². The molecule has 156 valence electrons. The van der Waals surface area contributed by atoms with Gasteiger partial charge in [0.15, 0.2) is 0 Å². The Morgan fingerprint density at radius 3 is 2.57 bits per heavy atom. The molecule has 1 aromatic heterocycles. The summed E-state index contributed by atoms with van der Waals surface area (Å²) < 4.78 is 2.42. The van der Waals surface area contributed by atoms with Crippen molar-refractivity contribution in [2.24, 2.45) is 5.92 Å². The monoisotopic (exact) mass is 401 g/mol. The lowest BCUT2D eigenvalue weighted by atomic mass is 9.87. The first-order chi connectivity index (χ1) is 14.7. The summed E-state index contributed by atoms with van der Waals surface area (Å²) >= 11 is 0. The maximum Gasteiger partial charge on any atom is 0.227 e. The van der Waals surface area contributed by atoms with Crippen LogP contribution in [0.3, 0.4) is 0 Å². The molecule has 1 saturated carbocycles. The Balaban J connectivity index is 1.42. The number of rotatable bonds is 5. The van der Waals surface area contributed by atoms with E-state index >= 15 is 0 Å². The second-order valence-electron chi connectivity index (χ2n) is 9.14. The van der Waals surface area contributed by atoms with Gasteiger partial charge in [-0.2, -0.15) is 0 Å². The van der Waals surface area contributed by atoms with Crippen molar-refractivity contribution >= 4 is 22.6 Å². The van der Waals surface area contributed by atoms with E-state index in [1.54, 1.807) is 0 Å². The molecule has 2 aromatic carbocycles. The molecule has 4 nitrogen and oxygen atoms in total. The average molecular weight is 402 g/mol. The number of nitrogens with zero attached hydrogens (tertiary/aromatic N) is 3. The van der Waals surface area contributed by atoms with Gasteiger partial charge in [-0.15, -0.1) is 0 Å². The third-order valence-electron chi connectivity index (χ3n) is 7.01. The fourth-order valence-electron chi connectivity index (χ4n) is 5.28. The summed E-state index contributed by atoms with van der Waals surface area (Å²) in [5, 5.41) is 0. The van der Waals surface area contributed by atoms with Crippen molar-refractivity contribution in [2.75, 3.05) is 11.4 Å². The van der Waals surface area contributed by atoms with Crippen LogP contribution in [-0.4, -0.2) is 22.0 Å². The van der Waals surface area contributed by atoms with Crippen LogP contribution in [-0.2, 0) is 11.3 Å². The molecule has 4 heteroatoms. The third kappa shape index (κ3) is 3.76. The van der Waals surface area contributed by atoms with E-state index in [9.17, 15) is 4.79 Å². The fourth-order valence-corrected chi connectivity index (χ4v) is 5.28. The van der Waals surface area contributed by atoms with Gasteiger partial charge in [0.1, 0.15) is 5.82 Å². The highest BCUT2D eigenvalue weighted by molar-refractivity contribution is 5.96. The Kier molecular flexibility index (Phi) is 5.32. The molecular weight excluding hydrogens is 370 g/mol. The van der Waals surface area contributed by atoms with E-state index in [0.29, 0.717) is 13.0 Å². The topological polar surface area (TPSA) is 38.1 Å². The van der Waals surface area contributed by atoms with Gasteiger partial charge in [0.05, 0.1) is 11.0 Å². The number of hydrogen-bond donors (Lipinski definition) is 0. The van der Waals surface area contributed by atoms with Crippen LogP contribution < -0.4 is 4.90 Å². The number of para-hydroxylation sites is 2. The highest BCUT2D eigenvalue weighted by Crippen LogP contribution is 2.34. The predicted octanol–water partition coefficient (Wildman–Crippen LogP) is 5.84. The standard InChI is InChI=1S/C26H31N3O/c1-19-11-13-22(14-12-19)29-18-21(17-25(29)30)26-27-23-9-5-6-10-24(23)28(26)16-15-20-7-3-2-4-8-20/h5-6,9-14,20-21H,2-4,7-8,15-18H2,1H3/t21-/m1/s1. The molecule has 5 rings (SSSR count). The van der Waals surface area contributed by atoms with E-state index in [0.717, 1.165) is 29.5 Å². The lowest BCUT2D eigenvalue weighted by Gasteiger charge is -2.23. The van der Waals surface area contributed by atoms with Gasteiger partial charge in [0.2, 0.25) is 5.91 Å². The summed E-state index contributed by atoms with van der Waals surface area (Å²) in [7, 11) is 0. The summed E-state index contributed by atoms with van der Waals surface area (Å²) in [4.78, 5) is 19.8. The van der Waals surface area contributed by atoms with E-state index in [-0.39, 0.29) is 11.8 Å². The molecule has 2 fully saturated rings. The molecule has 0 spiro atoms. The quantitative estimate of drug-likeness (QED) is 0.539. The Hall–Kier alpha value is -2.62. The average Bonchev–Trinajstić information content (AvgIpc) is 3.34. The normalized spacial score (nSPS) is 20.4. The van der Waals surface area contributed by atoms with Crippen molar-refractivity contribution in [2.45, 2.75) is 64.3 Å². The maximum atomic E-state index is 12.9. The molecule has 2 aliphatic rings. The number of aryl methyl sites for hydroxylation is 2. The minimum Gasteiger partial charge on any atom is -0.328 e. The van der Waals surface area contributed by atoms with Gasteiger partial charge in [0, 0.05) is 31.1 Å². The van der Waals surface area contributed by atoms with Crippen molar-refractivity contribution in [1.82, 2.24) is 9.55 Å². The first-order valence-corrected chi connectivity index (χ1v) is 11.5.